The zero-order valence-corrected chi connectivity index (χ0v) is 11.8. The minimum absolute atomic E-state index is 0.0527. The van der Waals surface area contributed by atoms with Gasteiger partial charge in [0.2, 0.25) is 5.91 Å². The second-order valence-electron chi connectivity index (χ2n) is 4.67. The molecule has 1 aromatic rings. The number of nitrogens with one attached hydrogen (secondary N) is 2. The molecule has 1 aromatic carbocycles. The van der Waals surface area contributed by atoms with Crippen LogP contribution in [0, 0.1) is 5.92 Å². The fraction of sp³-hybridized carbons (Fsp3) is 0.429. The molecule has 0 aliphatic heterocycles. The van der Waals surface area contributed by atoms with E-state index in [-0.39, 0.29) is 24.3 Å². The van der Waals surface area contributed by atoms with Crippen LogP contribution in [0.15, 0.2) is 24.3 Å². The number of benzene rings is 1. The van der Waals surface area contributed by atoms with E-state index in [1.54, 1.807) is 31.4 Å². The van der Waals surface area contributed by atoms with E-state index < -0.39 is 0 Å². The summed E-state index contributed by atoms with van der Waals surface area (Å²) in [7, 11) is 1.62. The van der Waals surface area contributed by atoms with Gasteiger partial charge < -0.3 is 21.1 Å². The number of hydrogen-bond acceptors (Lipinski definition) is 4. The first-order valence-corrected chi connectivity index (χ1v) is 6.42. The van der Waals surface area contributed by atoms with Gasteiger partial charge in [0, 0.05) is 24.9 Å². The summed E-state index contributed by atoms with van der Waals surface area (Å²) in [6.07, 6.45) is 0. The van der Waals surface area contributed by atoms with E-state index in [1.807, 2.05) is 6.92 Å². The number of amides is 2. The second kappa shape index (κ2) is 8.16. The molecule has 0 heterocycles. The summed E-state index contributed by atoms with van der Waals surface area (Å²) >= 11 is 0. The van der Waals surface area contributed by atoms with E-state index >= 15 is 0 Å². The highest BCUT2D eigenvalue weighted by Gasteiger charge is 2.09. The summed E-state index contributed by atoms with van der Waals surface area (Å²) in [5.41, 5.74) is 6.60. The number of carbonyl (C=O) groups is 2. The molecule has 0 aliphatic carbocycles. The van der Waals surface area contributed by atoms with Crippen molar-refractivity contribution in [3.63, 3.8) is 0 Å². The Labute approximate surface area is 118 Å². The Hall–Kier alpha value is -2.08. The maximum absolute atomic E-state index is 11.7. The summed E-state index contributed by atoms with van der Waals surface area (Å²) in [4.78, 5) is 23.3. The molecule has 0 saturated heterocycles. The van der Waals surface area contributed by atoms with Gasteiger partial charge in [0.15, 0.2) is 0 Å². The zero-order valence-electron chi connectivity index (χ0n) is 11.8. The molecular weight excluding hydrogens is 258 g/mol. The summed E-state index contributed by atoms with van der Waals surface area (Å²) in [5, 5.41) is 5.28. The van der Waals surface area contributed by atoms with Crippen LogP contribution >= 0.6 is 0 Å². The van der Waals surface area contributed by atoms with Gasteiger partial charge in [-0.15, -0.1) is 0 Å². The van der Waals surface area contributed by atoms with Crippen molar-refractivity contribution >= 4 is 17.5 Å². The number of methoxy groups -OCH3 is 1. The highest BCUT2D eigenvalue weighted by molar-refractivity contribution is 5.96. The number of nitrogen functional groups attached to an aromatic ring is 1. The van der Waals surface area contributed by atoms with Crippen LogP contribution in [-0.2, 0) is 9.53 Å². The maximum atomic E-state index is 11.7. The molecular formula is C14H21N3O3. The number of hydrogen-bond donors (Lipinski definition) is 3. The molecule has 0 saturated carbocycles. The molecule has 0 fully saturated rings. The van der Waals surface area contributed by atoms with Crippen LogP contribution < -0.4 is 16.4 Å². The molecule has 1 rings (SSSR count). The Morgan fingerprint density at radius 1 is 1.25 bits per heavy atom. The van der Waals surface area contributed by atoms with Crippen molar-refractivity contribution in [2.75, 3.05) is 32.5 Å². The quantitative estimate of drug-likeness (QED) is 0.630. The Balaban J connectivity index is 2.30. The molecule has 110 valence electrons. The van der Waals surface area contributed by atoms with E-state index in [0.717, 1.165) is 0 Å². The van der Waals surface area contributed by atoms with Crippen molar-refractivity contribution in [3.8, 4) is 0 Å². The topological polar surface area (TPSA) is 93.5 Å². The zero-order chi connectivity index (χ0) is 15.0. The van der Waals surface area contributed by atoms with Gasteiger partial charge in [-0.1, -0.05) is 6.92 Å². The molecule has 1 atom stereocenters. The molecule has 1 unspecified atom stereocenters. The fourth-order valence-corrected chi connectivity index (χ4v) is 1.59. The van der Waals surface area contributed by atoms with Crippen LogP contribution in [0.1, 0.15) is 17.3 Å². The van der Waals surface area contributed by atoms with Gasteiger partial charge in [0.25, 0.3) is 5.91 Å². The minimum Gasteiger partial charge on any atom is -0.399 e. The number of ether oxygens (including phenoxy) is 1. The third-order valence-corrected chi connectivity index (χ3v) is 2.68. The minimum atomic E-state index is -0.301. The highest BCUT2D eigenvalue weighted by atomic mass is 16.5. The molecule has 0 radical (unpaired) electrons. The summed E-state index contributed by atoms with van der Waals surface area (Å²) in [5.74, 6) is -0.293. The Morgan fingerprint density at radius 2 is 1.90 bits per heavy atom. The third kappa shape index (κ3) is 5.71. The second-order valence-corrected chi connectivity index (χ2v) is 4.67. The molecule has 0 aliphatic rings. The van der Waals surface area contributed by atoms with Gasteiger partial charge in [-0.05, 0) is 30.2 Å². The van der Waals surface area contributed by atoms with E-state index in [9.17, 15) is 9.59 Å². The average Bonchev–Trinajstić information content (AvgIpc) is 2.43. The van der Waals surface area contributed by atoms with Crippen molar-refractivity contribution in [2.24, 2.45) is 5.92 Å². The lowest BCUT2D eigenvalue weighted by molar-refractivity contribution is -0.120. The van der Waals surface area contributed by atoms with E-state index in [1.165, 1.54) is 0 Å². The Kier molecular flexibility index (Phi) is 6.52. The standard InChI is InChI=1S/C14H21N3O3/c1-10(9-20-2)7-16-13(18)8-17-14(19)11-3-5-12(15)6-4-11/h3-6,10H,7-9,15H2,1-2H3,(H,16,18)(H,17,19). The largest absolute Gasteiger partial charge is 0.399 e. The molecule has 6 heteroatoms. The van der Waals surface area contributed by atoms with Crippen molar-refractivity contribution in [1.29, 1.82) is 0 Å². The lowest BCUT2D eigenvalue weighted by Gasteiger charge is -2.11. The SMILES string of the molecule is COCC(C)CNC(=O)CNC(=O)c1ccc(N)cc1. The van der Waals surface area contributed by atoms with Gasteiger partial charge >= 0.3 is 0 Å². The van der Waals surface area contributed by atoms with E-state index in [0.29, 0.717) is 24.4 Å². The van der Waals surface area contributed by atoms with Crippen molar-refractivity contribution in [3.05, 3.63) is 29.8 Å². The molecule has 6 nitrogen and oxygen atoms in total. The van der Waals surface area contributed by atoms with Crippen LogP contribution in [0.2, 0.25) is 0 Å². The smallest absolute Gasteiger partial charge is 0.251 e. The molecule has 0 aromatic heterocycles. The lowest BCUT2D eigenvalue weighted by atomic mass is 10.2. The van der Waals surface area contributed by atoms with Crippen LogP contribution in [0.25, 0.3) is 0 Å². The van der Waals surface area contributed by atoms with Gasteiger partial charge in [-0.2, -0.15) is 0 Å². The monoisotopic (exact) mass is 279 g/mol. The molecule has 2 amide bonds. The van der Waals surface area contributed by atoms with Crippen molar-refractivity contribution < 1.29 is 14.3 Å². The Bertz CT molecular complexity index is 445. The number of carbonyl (C=O) groups excluding carboxylic acids is 2. The summed E-state index contributed by atoms with van der Waals surface area (Å²) < 4.78 is 4.97. The lowest BCUT2D eigenvalue weighted by Crippen LogP contribution is -2.39. The number of nitrogens with two attached hydrogens (primary N) is 1. The first kappa shape index (κ1) is 16.0. The predicted molar refractivity (Wildman–Crippen MR) is 77.2 cm³/mol. The maximum Gasteiger partial charge on any atom is 0.251 e. The van der Waals surface area contributed by atoms with Crippen molar-refractivity contribution in [1.82, 2.24) is 10.6 Å². The fourth-order valence-electron chi connectivity index (χ4n) is 1.59. The van der Waals surface area contributed by atoms with E-state index in [4.69, 9.17) is 10.5 Å². The molecule has 4 N–H and O–H groups in total. The molecule has 0 bridgehead atoms. The Morgan fingerprint density at radius 3 is 2.50 bits per heavy atom. The first-order valence-electron chi connectivity index (χ1n) is 6.42. The van der Waals surface area contributed by atoms with Crippen molar-refractivity contribution in [2.45, 2.75) is 6.92 Å². The van der Waals surface area contributed by atoms with Crippen LogP contribution in [-0.4, -0.2) is 38.6 Å². The van der Waals surface area contributed by atoms with Crippen LogP contribution in [0.3, 0.4) is 0 Å². The predicted octanol–water partition coefficient (Wildman–Crippen LogP) is 0.397. The number of anilines is 1. The van der Waals surface area contributed by atoms with E-state index in [2.05, 4.69) is 10.6 Å². The van der Waals surface area contributed by atoms with Crippen LogP contribution in [0.5, 0.6) is 0 Å². The normalized spacial score (nSPS) is 11.7. The van der Waals surface area contributed by atoms with Gasteiger partial charge in [-0.25, -0.2) is 0 Å². The average molecular weight is 279 g/mol. The third-order valence-electron chi connectivity index (χ3n) is 2.68. The van der Waals surface area contributed by atoms with Crippen LogP contribution in [0.4, 0.5) is 5.69 Å². The summed E-state index contributed by atoms with van der Waals surface area (Å²) in [6.45, 7) is 3.02. The molecule has 20 heavy (non-hydrogen) atoms. The highest BCUT2D eigenvalue weighted by Crippen LogP contribution is 2.04. The van der Waals surface area contributed by atoms with Gasteiger partial charge in [0.05, 0.1) is 13.2 Å². The number of rotatable bonds is 7. The van der Waals surface area contributed by atoms with Gasteiger partial charge in [-0.3, -0.25) is 9.59 Å². The van der Waals surface area contributed by atoms with Gasteiger partial charge in [0.1, 0.15) is 0 Å². The first-order chi connectivity index (χ1) is 9.52. The molecule has 0 spiro atoms. The summed E-state index contributed by atoms with van der Waals surface area (Å²) in [6, 6.07) is 6.51.